The Kier molecular flexibility index (Phi) is 11.5. The van der Waals surface area contributed by atoms with Crippen LogP contribution in [0.1, 0.15) is 46.5 Å². The highest BCUT2D eigenvalue weighted by Gasteiger charge is 2.44. The Morgan fingerprint density at radius 2 is 1.12 bits per heavy atom. The van der Waals surface area contributed by atoms with Gasteiger partial charge in [0.05, 0.1) is 6.16 Å². The van der Waals surface area contributed by atoms with Crippen molar-refractivity contribution in [2.45, 2.75) is 52.1 Å². The topological polar surface area (TPSA) is 38.3 Å². The molecular formula is C29H37INO2P. The van der Waals surface area contributed by atoms with Crippen LogP contribution in [0, 0.1) is 0 Å². The Hall–Kier alpha value is -1.91. The van der Waals surface area contributed by atoms with E-state index in [0.29, 0.717) is 6.54 Å². The molecule has 0 bridgehead atoms. The standard InChI is InChI=1S/C29H36NO2P.HI/c1-29(2,3)32-28(31)30-23-15-4-5-16-24-33(25-17-9-6-10-18-25,26-19-11-7-12-20-26)27-21-13-8-14-22-27;/h6-14,17-22H,4-5,15-16,23-24H2,1-3H3;1H. The van der Waals surface area contributed by atoms with E-state index in [1.54, 1.807) is 0 Å². The van der Waals surface area contributed by atoms with Crippen LogP contribution in [-0.2, 0) is 4.74 Å². The van der Waals surface area contributed by atoms with Gasteiger partial charge in [0.25, 0.3) is 0 Å². The number of hydrogen-bond acceptors (Lipinski definition) is 2. The highest BCUT2D eigenvalue weighted by Crippen LogP contribution is 2.55. The van der Waals surface area contributed by atoms with Crippen LogP contribution < -0.4 is 45.2 Å². The molecule has 0 radical (unpaired) electrons. The number of rotatable bonds is 10. The summed E-state index contributed by atoms with van der Waals surface area (Å²) in [4.78, 5) is 11.8. The van der Waals surface area contributed by atoms with Gasteiger partial charge in [0, 0.05) is 6.54 Å². The van der Waals surface area contributed by atoms with Crippen molar-refractivity contribution in [2.75, 3.05) is 12.7 Å². The van der Waals surface area contributed by atoms with E-state index in [1.165, 1.54) is 15.9 Å². The van der Waals surface area contributed by atoms with Gasteiger partial charge in [-0.15, -0.1) is 0 Å². The average Bonchev–Trinajstić information content (AvgIpc) is 2.82. The number of alkyl carbamates (subject to hydrolysis) is 1. The Labute approximate surface area is 223 Å². The van der Waals surface area contributed by atoms with Gasteiger partial charge in [-0.2, -0.15) is 0 Å². The first kappa shape index (κ1) is 28.3. The largest absolute Gasteiger partial charge is 1.00 e. The van der Waals surface area contributed by atoms with Gasteiger partial charge in [0.1, 0.15) is 28.8 Å². The molecule has 0 heterocycles. The lowest BCUT2D eigenvalue weighted by Gasteiger charge is -2.27. The minimum atomic E-state index is -1.74. The number of carbonyl (C=O) groups excluding carboxylic acids is 1. The second kappa shape index (κ2) is 13.8. The van der Waals surface area contributed by atoms with Crippen molar-refractivity contribution in [3.8, 4) is 0 Å². The summed E-state index contributed by atoms with van der Waals surface area (Å²) in [6.45, 7) is 6.31. The number of benzene rings is 3. The SMILES string of the molecule is CC(C)(C)OC(=O)NCCCCCC[P+](c1ccccc1)(c1ccccc1)c1ccccc1.[I-]. The molecule has 0 saturated heterocycles. The summed E-state index contributed by atoms with van der Waals surface area (Å²) in [5, 5.41) is 7.19. The van der Waals surface area contributed by atoms with Gasteiger partial charge in [0.2, 0.25) is 0 Å². The van der Waals surface area contributed by atoms with Gasteiger partial charge >= 0.3 is 6.09 Å². The molecule has 3 aromatic carbocycles. The maximum Gasteiger partial charge on any atom is 0.407 e. The third kappa shape index (κ3) is 8.09. The highest BCUT2D eigenvalue weighted by molar-refractivity contribution is 7.95. The summed E-state index contributed by atoms with van der Waals surface area (Å²) < 4.78 is 5.31. The van der Waals surface area contributed by atoms with Crippen LogP contribution in [0.3, 0.4) is 0 Å². The van der Waals surface area contributed by atoms with Crippen molar-refractivity contribution in [3.05, 3.63) is 91.0 Å². The van der Waals surface area contributed by atoms with Crippen LogP contribution in [0.5, 0.6) is 0 Å². The molecule has 0 aliphatic carbocycles. The summed E-state index contributed by atoms with van der Waals surface area (Å²) in [6.07, 6.45) is 5.17. The number of amides is 1. The molecule has 1 N–H and O–H groups in total. The average molecular weight is 589 g/mol. The van der Waals surface area contributed by atoms with Crippen LogP contribution in [0.25, 0.3) is 0 Å². The van der Waals surface area contributed by atoms with Crippen molar-refractivity contribution in [1.29, 1.82) is 0 Å². The molecular weight excluding hydrogens is 552 g/mol. The van der Waals surface area contributed by atoms with E-state index in [0.717, 1.165) is 31.8 Å². The van der Waals surface area contributed by atoms with Gasteiger partial charge < -0.3 is 34.0 Å². The molecule has 0 spiro atoms. The maximum atomic E-state index is 11.8. The van der Waals surface area contributed by atoms with Crippen molar-refractivity contribution in [2.24, 2.45) is 0 Å². The molecule has 0 unspecified atom stereocenters. The Morgan fingerprint density at radius 1 is 0.706 bits per heavy atom. The molecule has 5 heteroatoms. The lowest BCUT2D eigenvalue weighted by molar-refractivity contribution is -0.0000286. The molecule has 3 nitrogen and oxygen atoms in total. The summed E-state index contributed by atoms with van der Waals surface area (Å²) in [7, 11) is -1.74. The molecule has 3 rings (SSSR count). The fourth-order valence-corrected chi connectivity index (χ4v) is 8.62. The summed E-state index contributed by atoms with van der Waals surface area (Å²) in [5.74, 6) is 0. The zero-order valence-electron chi connectivity index (χ0n) is 20.5. The third-order valence-electron chi connectivity index (χ3n) is 5.68. The Morgan fingerprint density at radius 3 is 1.53 bits per heavy atom. The number of ether oxygens (including phenoxy) is 1. The molecule has 3 aromatic rings. The quantitative estimate of drug-likeness (QED) is 0.225. The van der Waals surface area contributed by atoms with Crippen molar-refractivity contribution >= 4 is 29.3 Å². The lowest BCUT2D eigenvalue weighted by Crippen LogP contribution is -3.00. The van der Waals surface area contributed by atoms with Gasteiger partial charge in [-0.3, -0.25) is 0 Å². The van der Waals surface area contributed by atoms with Crippen LogP contribution in [0.15, 0.2) is 91.0 Å². The minimum Gasteiger partial charge on any atom is -1.00 e. The van der Waals surface area contributed by atoms with Gasteiger partial charge in [-0.05, 0) is 76.4 Å². The number of halogens is 1. The lowest BCUT2D eigenvalue weighted by atomic mass is 10.2. The van der Waals surface area contributed by atoms with Crippen molar-refractivity contribution < 1.29 is 33.5 Å². The number of nitrogens with one attached hydrogen (secondary N) is 1. The molecule has 0 aliphatic heterocycles. The first-order chi connectivity index (χ1) is 15.9. The fraction of sp³-hybridized carbons (Fsp3) is 0.345. The van der Waals surface area contributed by atoms with E-state index in [2.05, 4.69) is 96.3 Å². The highest BCUT2D eigenvalue weighted by atomic mass is 127. The molecule has 1 amide bonds. The second-order valence-corrected chi connectivity index (χ2v) is 13.0. The van der Waals surface area contributed by atoms with E-state index < -0.39 is 12.9 Å². The number of hydrogen-bond donors (Lipinski definition) is 1. The molecule has 34 heavy (non-hydrogen) atoms. The van der Waals surface area contributed by atoms with Crippen LogP contribution in [-0.4, -0.2) is 24.4 Å². The number of carbonyl (C=O) groups is 1. The summed E-state index contributed by atoms with van der Waals surface area (Å²) in [5.41, 5.74) is -0.455. The molecule has 0 atom stereocenters. The maximum absolute atomic E-state index is 11.8. The van der Waals surface area contributed by atoms with Crippen molar-refractivity contribution in [1.82, 2.24) is 5.32 Å². The Bertz CT molecular complexity index is 879. The smallest absolute Gasteiger partial charge is 0.407 e. The summed E-state index contributed by atoms with van der Waals surface area (Å²) in [6, 6.07) is 33.1. The van der Waals surface area contributed by atoms with Crippen molar-refractivity contribution in [3.63, 3.8) is 0 Å². The third-order valence-corrected chi connectivity index (χ3v) is 10.2. The Balaban J connectivity index is 0.00000408. The molecule has 0 aliphatic rings. The molecule has 0 aromatic heterocycles. The minimum absolute atomic E-state index is 0. The first-order valence-corrected chi connectivity index (χ1v) is 13.9. The predicted molar refractivity (Wildman–Crippen MR) is 143 cm³/mol. The van der Waals surface area contributed by atoms with E-state index >= 15 is 0 Å². The van der Waals surface area contributed by atoms with Gasteiger partial charge in [-0.1, -0.05) is 61.0 Å². The summed E-state index contributed by atoms with van der Waals surface area (Å²) >= 11 is 0. The monoisotopic (exact) mass is 589 g/mol. The first-order valence-electron chi connectivity index (χ1n) is 11.9. The normalized spacial score (nSPS) is 11.4. The second-order valence-electron chi connectivity index (χ2n) is 9.38. The van der Waals surface area contributed by atoms with Crippen LogP contribution in [0.2, 0.25) is 0 Å². The van der Waals surface area contributed by atoms with E-state index in [1.807, 2.05) is 20.8 Å². The van der Waals surface area contributed by atoms with E-state index in [-0.39, 0.29) is 30.1 Å². The molecule has 0 fully saturated rings. The van der Waals surface area contributed by atoms with Crippen LogP contribution in [0.4, 0.5) is 4.79 Å². The molecule has 0 saturated carbocycles. The van der Waals surface area contributed by atoms with Gasteiger partial charge in [0.15, 0.2) is 0 Å². The van der Waals surface area contributed by atoms with Gasteiger partial charge in [-0.25, -0.2) is 4.79 Å². The van der Waals surface area contributed by atoms with E-state index in [9.17, 15) is 4.79 Å². The zero-order chi connectivity index (χ0) is 23.6. The van der Waals surface area contributed by atoms with E-state index in [4.69, 9.17) is 4.74 Å². The zero-order valence-corrected chi connectivity index (χ0v) is 23.6. The number of unbranched alkanes of at least 4 members (excludes halogenated alkanes) is 3. The fourth-order valence-electron chi connectivity index (χ4n) is 4.21. The molecule has 182 valence electrons. The van der Waals surface area contributed by atoms with Crippen LogP contribution >= 0.6 is 7.26 Å². The predicted octanol–water partition coefficient (Wildman–Crippen LogP) is 3.07.